The van der Waals surface area contributed by atoms with Crippen molar-refractivity contribution in [2.75, 3.05) is 38.2 Å². The number of hydrogen-bond donors (Lipinski definition) is 0. The Morgan fingerprint density at radius 3 is 2.30 bits per heavy atom. The predicted octanol–water partition coefficient (Wildman–Crippen LogP) is 4.13. The molecule has 0 unspecified atom stereocenters. The summed E-state index contributed by atoms with van der Waals surface area (Å²) < 4.78 is 33.1. The summed E-state index contributed by atoms with van der Waals surface area (Å²) in [6.45, 7) is 5.71. The Bertz CT molecular complexity index is 956. The first-order valence-corrected chi connectivity index (χ1v) is 10.8. The van der Waals surface area contributed by atoms with E-state index >= 15 is 0 Å². The molecule has 0 radical (unpaired) electrons. The summed E-state index contributed by atoms with van der Waals surface area (Å²) in [7, 11) is -2.24. The van der Waals surface area contributed by atoms with Crippen molar-refractivity contribution < 1.29 is 13.2 Å². The molecule has 0 saturated carbocycles. The molecule has 1 saturated heterocycles. The van der Waals surface area contributed by atoms with E-state index in [0.717, 1.165) is 16.8 Å². The van der Waals surface area contributed by atoms with Crippen LogP contribution in [0.15, 0.2) is 35.2 Å². The molecular formula is C19H22Cl2N2O3S. The number of ether oxygens (including phenoxy) is 1. The van der Waals surface area contributed by atoms with Gasteiger partial charge in [-0.2, -0.15) is 4.31 Å². The van der Waals surface area contributed by atoms with Gasteiger partial charge in [-0.25, -0.2) is 8.42 Å². The lowest BCUT2D eigenvalue weighted by atomic mass is 10.1. The van der Waals surface area contributed by atoms with Crippen molar-refractivity contribution in [3.05, 3.63) is 51.5 Å². The Kier molecular flexibility index (Phi) is 5.91. The molecule has 0 amide bonds. The zero-order chi connectivity index (χ0) is 19.8. The van der Waals surface area contributed by atoms with Crippen LogP contribution in [0, 0.1) is 13.8 Å². The first-order chi connectivity index (χ1) is 12.8. The second kappa shape index (κ2) is 7.87. The molecular weight excluding hydrogens is 407 g/mol. The fraction of sp³-hybridized carbons (Fsp3) is 0.368. The highest BCUT2D eigenvalue weighted by molar-refractivity contribution is 7.89. The number of benzene rings is 2. The molecule has 2 aromatic carbocycles. The summed E-state index contributed by atoms with van der Waals surface area (Å²) in [6.07, 6.45) is 0. The van der Waals surface area contributed by atoms with Crippen LogP contribution in [0.4, 0.5) is 5.69 Å². The van der Waals surface area contributed by atoms with Gasteiger partial charge in [0.25, 0.3) is 0 Å². The molecule has 1 fully saturated rings. The zero-order valence-corrected chi connectivity index (χ0v) is 17.8. The fourth-order valence-corrected chi connectivity index (χ4v) is 5.23. The molecule has 27 heavy (non-hydrogen) atoms. The maximum Gasteiger partial charge on any atom is 0.246 e. The molecule has 1 heterocycles. The van der Waals surface area contributed by atoms with Crippen molar-refractivity contribution in [3.63, 3.8) is 0 Å². The van der Waals surface area contributed by atoms with Crippen LogP contribution in [0.3, 0.4) is 0 Å². The van der Waals surface area contributed by atoms with Gasteiger partial charge in [0.2, 0.25) is 10.0 Å². The molecule has 0 atom stereocenters. The number of methoxy groups -OCH3 is 1. The van der Waals surface area contributed by atoms with Crippen LogP contribution in [-0.2, 0) is 10.0 Å². The minimum Gasteiger partial charge on any atom is -0.495 e. The number of aryl methyl sites for hydroxylation is 1. The number of nitrogens with zero attached hydrogens (tertiary/aromatic N) is 2. The van der Waals surface area contributed by atoms with E-state index in [1.54, 1.807) is 6.07 Å². The molecule has 146 valence electrons. The van der Waals surface area contributed by atoms with Crippen LogP contribution in [0.2, 0.25) is 10.0 Å². The molecule has 0 aliphatic carbocycles. The predicted molar refractivity (Wildman–Crippen MR) is 110 cm³/mol. The fourth-order valence-electron chi connectivity index (χ4n) is 3.24. The van der Waals surface area contributed by atoms with E-state index in [2.05, 4.69) is 4.90 Å². The monoisotopic (exact) mass is 428 g/mol. The maximum atomic E-state index is 13.1. The van der Waals surface area contributed by atoms with Gasteiger partial charge < -0.3 is 9.64 Å². The lowest BCUT2D eigenvalue weighted by molar-refractivity contribution is 0.374. The topological polar surface area (TPSA) is 49.9 Å². The summed E-state index contributed by atoms with van der Waals surface area (Å²) in [4.78, 5) is 2.26. The van der Waals surface area contributed by atoms with Crippen LogP contribution in [0.5, 0.6) is 5.75 Å². The number of hydrogen-bond acceptors (Lipinski definition) is 4. The van der Waals surface area contributed by atoms with Gasteiger partial charge in [0.15, 0.2) is 0 Å². The van der Waals surface area contributed by atoms with Crippen LogP contribution in [-0.4, -0.2) is 46.0 Å². The Morgan fingerprint density at radius 2 is 1.67 bits per heavy atom. The first kappa shape index (κ1) is 20.3. The highest BCUT2D eigenvalue weighted by Gasteiger charge is 2.31. The average Bonchev–Trinajstić information content (AvgIpc) is 2.66. The van der Waals surface area contributed by atoms with Crippen LogP contribution < -0.4 is 9.64 Å². The van der Waals surface area contributed by atoms with Gasteiger partial charge in [-0.3, -0.25) is 0 Å². The molecule has 0 bridgehead atoms. The highest BCUT2D eigenvalue weighted by Crippen LogP contribution is 2.33. The minimum atomic E-state index is -3.70. The summed E-state index contributed by atoms with van der Waals surface area (Å²) >= 11 is 12.4. The van der Waals surface area contributed by atoms with E-state index in [1.165, 1.54) is 17.5 Å². The van der Waals surface area contributed by atoms with Crippen molar-refractivity contribution >= 4 is 38.9 Å². The van der Waals surface area contributed by atoms with Crippen LogP contribution in [0.1, 0.15) is 11.1 Å². The smallest absolute Gasteiger partial charge is 0.246 e. The average molecular weight is 429 g/mol. The van der Waals surface area contributed by atoms with E-state index in [4.69, 9.17) is 27.9 Å². The Labute approximate surface area is 170 Å². The SMILES string of the molecule is COc1cc(C)c(Cl)cc1S(=O)(=O)N1CCN(c2cccc(Cl)c2C)CC1. The number of piperazine rings is 1. The Balaban J connectivity index is 1.83. The molecule has 0 spiro atoms. The number of anilines is 1. The lowest BCUT2D eigenvalue weighted by Crippen LogP contribution is -2.48. The first-order valence-electron chi connectivity index (χ1n) is 8.60. The molecule has 0 N–H and O–H groups in total. The second-order valence-electron chi connectivity index (χ2n) is 6.53. The van der Waals surface area contributed by atoms with Crippen LogP contribution in [0.25, 0.3) is 0 Å². The van der Waals surface area contributed by atoms with Gasteiger partial charge in [-0.05, 0) is 49.2 Å². The minimum absolute atomic E-state index is 0.105. The van der Waals surface area contributed by atoms with Gasteiger partial charge in [-0.15, -0.1) is 0 Å². The largest absolute Gasteiger partial charge is 0.495 e. The molecule has 0 aromatic heterocycles. The second-order valence-corrected chi connectivity index (χ2v) is 9.25. The van der Waals surface area contributed by atoms with E-state index in [9.17, 15) is 8.42 Å². The van der Waals surface area contributed by atoms with Crippen molar-refractivity contribution in [2.45, 2.75) is 18.7 Å². The highest BCUT2D eigenvalue weighted by atomic mass is 35.5. The molecule has 8 heteroatoms. The van der Waals surface area contributed by atoms with Crippen molar-refractivity contribution in [3.8, 4) is 5.75 Å². The van der Waals surface area contributed by atoms with Crippen molar-refractivity contribution in [2.24, 2.45) is 0 Å². The molecule has 3 rings (SSSR count). The van der Waals surface area contributed by atoms with Gasteiger partial charge in [0, 0.05) is 41.9 Å². The van der Waals surface area contributed by atoms with Gasteiger partial charge in [0.05, 0.1) is 7.11 Å². The van der Waals surface area contributed by atoms with E-state index in [0.29, 0.717) is 42.0 Å². The number of sulfonamides is 1. The Morgan fingerprint density at radius 1 is 1.00 bits per heavy atom. The molecule has 2 aromatic rings. The summed E-state index contributed by atoms with van der Waals surface area (Å²) in [5, 5.41) is 1.11. The molecule has 1 aliphatic heterocycles. The van der Waals surface area contributed by atoms with Gasteiger partial charge in [-0.1, -0.05) is 29.3 Å². The third-order valence-electron chi connectivity index (χ3n) is 4.88. The maximum absolute atomic E-state index is 13.1. The normalized spacial score (nSPS) is 15.8. The van der Waals surface area contributed by atoms with E-state index < -0.39 is 10.0 Å². The van der Waals surface area contributed by atoms with E-state index in [1.807, 2.05) is 32.0 Å². The number of halogens is 2. The zero-order valence-electron chi connectivity index (χ0n) is 15.5. The standard InChI is InChI=1S/C19H22Cl2N2O3S/c1-13-11-18(26-3)19(12-16(13)21)27(24,25)23-9-7-22(8-10-23)17-6-4-5-15(20)14(17)2/h4-6,11-12H,7-10H2,1-3H3. The summed E-state index contributed by atoms with van der Waals surface area (Å²) in [6, 6.07) is 8.90. The van der Waals surface area contributed by atoms with Crippen molar-refractivity contribution in [1.29, 1.82) is 0 Å². The van der Waals surface area contributed by atoms with Crippen LogP contribution >= 0.6 is 23.2 Å². The summed E-state index contributed by atoms with van der Waals surface area (Å²) in [5.41, 5.74) is 2.81. The molecule has 1 aliphatic rings. The number of rotatable bonds is 4. The quantitative estimate of drug-likeness (QED) is 0.734. The van der Waals surface area contributed by atoms with Gasteiger partial charge >= 0.3 is 0 Å². The Hall–Kier alpha value is -1.47. The third-order valence-corrected chi connectivity index (χ3v) is 7.62. The third kappa shape index (κ3) is 3.90. The summed E-state index contributed by atoms with van der Waals surface area (Å²) in [5.74, 6) is 0.310. The van der Waals surface area contributed by atoms with E-state index in [-0.39, 0.29) is 4.90 Å². The molecule has 5 nitrogen and oxygen atoms in total. The lowest BCUT2D eigenvalue weighted by Gasteiger charge is -2.36. The van der Waals surface area contributed by atoms with Crippen molar-refractivity contribution in [1.82, 2.24) is 4.31 Å². The van der Waals surface area contributed by atoms with Gasteiger partial charge in [0.1, 0.15) is 10.6 Å².